The number of likely N-dealkylation sites (tertiary alicyclic amines) is 1. The van der Waals surface area contributed by atoms with Crippen LogP contribution in [0, 0.1) is 5.92 Å². The molecule has 5 heterocycles. The molecule has 0 spiro atoms. The van der Waals surface area contributed by atoms with E-state index in [2.05, 4.69) is 25.5 Å². The highest BCUT2D eigenvalue weighted by atomic mass is 16.5. The Labute approximate surface area is 201 Å². The largest absolute Gasteiger partial charge is 0.495 e. The maximum Gasteiger partial charge on any atom is 0.263 e. The van der Waals surface area contributed by atoms with Gasteiger partial charge in [-0.2, -0.15) is 0 Å². The minimum absolute atomic E-state index is 0.00254. The zero-order valence-corrected chi connectivity index (χ0v) is 19.4. The Bertz CT molecular complexity index is 1300. The lowest BCUT2D eigenvalue weighted by molar-refractivity contribution is -0.118. The Balaban J connectivity index is 1.16. The molecule has 11 nitrogen and oxygen atoms in total. The summed E-state index contributed by atoms with van der Waals surface area (Å²) in [7, 11) is 1.57. The molecule has 0 bridgehead atoms. The summed E-state index contributed by atoms with van der Waals surface area (Å²) in [6, 6.07) is 8.71. The van der Waals surface area contributed by atoms with Crippen molar-refractivity contribution in [2.45, 2.75) is 19.2 Å². The molecule has 0 unspecified atom stereocenters. The number of ether oxygens (including phenoxy) is 2. The van der Waals surface area contributed by atoms with Gasteiger partial charge in [-0.3, -0.25) is 19.5 Å². The van der Waals surface area contributed by atoms with E-state index in [1.165, 1.54) is 6.07 Å². The van der Waals surface area contributed by atoms with Crippen LogP contribution in [0.15, 0.2) is 41.3 Å². The van der Waals surface area contributed by atoms with Crippen LogP contribution in [-0.4, -0.2) is 76.4 Å². The molecular weight excluding hydrogens is 452 g/mol. The number of carbonyl (C=O) groups is 1. The van der Waals surface area contributed by atoms with Crippen LogP contribution in [0.3, 0.4) is 0 Å². The molecule has 2 aliphatic rings. The lowest BCUT2D eigenvalue weighted by Crippen LogP contribution is -2.31. The second-order valence-corrected chi connectivity index (χ2v) is 8.81. The van der Waals surface area contributed by atoms with Gasteiger partial charge < -0.3 is 29.8 Å². The Hall–Kier alpha value is -3.54. The third-order valence-corrected chi connectivity index (χ3v) is 6.42. The third-order valence-electron chi connectivity index (χ3n) is 6.42. The summed E-state index contributed by atoms with van der Waals surface area (Å²) in [5.41, 5.74) is 2.15. The number of nitrogens with zero attached hydrogens (tertiary/aromatic N) is 4. The molecule has 5 rings (SSSR count). The lowest BCUT2D eigenvalue weighted by Gasteiger charge is -2.18. The summed E-state index contributed by atoms with van der Waals surface area (Å²) in [4.78, 5) is 35.0. The molecule has 0 saturated carbocycles. The number of hydrogen-bond donors (Lipinski definition) is 3. The molecule has 2 aliphatic heterocycles. The fourth-order valence-corrected chi connectivity index (χ4v) is 4.55. The summed E-state index contributed by atoms with van der Waals surface area (Å²) >= 11 is 0. The molecule has 3 aromatic rings. The van der Waals surface area contributed by atoms with Gasteiger partial charge in [0.05, 0.1) is 36.1 Å². The van der Waals surface area contributed by atoms with E-state index in [9.17, 15) is 14.7 Å². The average molecular weight is 481 g/mol. The number of rotatable bonds is 8. The number of fused-ring (bicyclic) bond motifs is 2. The number of β-amino-alcohol motifs (C(OH)–C–C–N with tert-alkyl or cyclic N) is 1. The first-order valence-electron chi connectivity index (χ1n) is 11.6. The SMILES string of the molecule is COc1cnc2ccc(=O)n(CCN3C[C@H](CNCc4ccc5c(n4)NC(=O)CO5)[C@H](O)C3)c2c1. The predicted molar refractivity (Wildman–Crippen MR) is 129 cm³/mol. The van der Waals surface area contributed by atoms with Crippen LogP contribution < -0.4 is 25.7 Å². The fourth-order valence-electron chi connectivity index (χ4n) is 4.55. The molecule has 35 heavy (non-hydrogen) atoms. The van der Waals surface area contributed by atoms with Gasteiger partial charge in [0.2, 0.25) is 0 Å². The van der Waals surface area contributed by atoms with Crippen LogP contribution in [-0.2, 0) is 17.9 Å². The van der Waals surface area contributed by atoms with E-state index in [0.717, 1.165) is 23.3 Å². The lowest BCUT2D eigenvalue weighted by atomic mass is 10.1. The van der Waals surface area contributed by atoms with E-state index in [0.29, 0.717) is 50.0 Å². The van der Waals surface area contributed by atoms with Crippen molar-refractivity contribution in [2.75, 3.05) is 45.2 Å². The Kier molecular flexibility index (Phi) is 6.62. The van der Waals surface area contributed by atoms with Crippen molar-refractivity contribution in [3.05, 3.63) is 52.6 Å². The number of nitrogens with one attached hydrogen (secondary N) is 2. The highest BCUT2D eigenvalue weighted by Gasteiger charge is 2.30. The normalized spacial score (nSPS) is 19.9. The zero-order chi connectivity index (χ0) is 24.4. The van der Waals surface area contributed by atoms with Crippen molar-refractivity contribution in [3.63, 3.8) is 0 Å². The number of amides is 1. The van der Waals surface area contributed by atoms with Gasteiger partial charge >= 0.3 is 0 Å². The molecule has 1 amide bonds. The molecule has 2 atom stereocenters. The topological polar surface area (TPSA) is 131 Å². The number of anilines is 1. The molecule has 0 radical (unpaired) electrons. The first-order chi connectivity index (χ1) is 17.0. The molecule has 0 aliphatic carbocycles. The van der Waals surface area contributed by atoms with Crippen molar-refractivity contribution in [2.24, 2.45) is 5.92 Å². The van der Waals surface area contributed by atoms with Gasteiger partial charge in [-0.15, -0.1) is 0 Å². The van der Waals surface area contributed by atoms with Crippen molar-refractivity contribution < 1.29 is 19.4 Å². The van der Waals surface area contributed by atoms with Crippen LogP contribution in [0.1, 0.15) is 5.69 Å². The summed E-state index contributed by atoms with van der Waals surface area (Å²) in [6.45, 7) is 3.52. The van der Waals surface area contributed by atoms with Gasteiger partial charge in [0.15, 0.2) is 18.2 Å². The van der Waals surface area contributed by atoms with Gasteiger partial charge in [0.1, 0.15) is 5.75 Å². The Morgan fingerprint density at radius 1 is 1.23 bits per heavy atom. The molecule has 0 aromatic carbocycles. The minimum atomic E-state index is -0.460. The number of aliphatic hydroxyl groups excluding tert-OH is 1. The number of hydrogen-bond acceptors (Lipinski definition) is 9. The molecule has 3 N–H and O–H groups in total. The van der Waals surface area contributed by atoms with Crippen molar-refractivity contribution in [3.8, 4) is 11.5 Å². The van der Waals surface area contributed by atoms with Crippen molar-refractivity contribution >= 4 is 22.8 Å². The van der Waals surface area contributed by atoms with Crippen LogP contribution in [0.4, 0.5) is 5.82 Å². The summed E-state index contributed by atoms with van der Waals surface area (Å²) in [6.07, 6.45) is 1.17. The van der Waals surface area contributed by atoms with Crippen LogP contribution in [0.5, 0.6) is 11.5 Å². The summed E-state index contributed by atoms with van der Waals surface area (Å²) < 4.78 is 12.3. The number of methoxy groups -OCH3 is 1. The monoisotopic (exact) mass is 480 g/mol. The molecule has 3 aromatic heterocycles. The molecule has 1 fully saturated rings. The van der Waals surface area contributed by atoms with Crippen molar-refractivity contribution in [1.82, 2.24) is 24.8 Å². The number of pyridine rings is 3. The van der Waals surface area contributed by atoms with Gasteiger partial charge in [-0.25, -0.2) is 4.98 Å². The van der Waals surface area contributed by atoms with E-state index >= 15 is 0 Å². The fraction of sp³-hybridized carbons (Fsp3) is 0.417. The van der Waals surface area contributed by atoms with E-state index in [1.807, 2.05) is 12.1 Å². The molecular formula is C24H28N6O5. The highest BCUT2D eigenvalue weighted by Crippen LogP contribution is 2.25. The van der Waals surface area contributed by atoms with Crippen LogP contribution in [0.2, 0.25) is 0 Å². The maximum atomic E-state index is 12.5. The molecule has 11 heteroatoms. The van der Waals surface area contributed by atoms with Crippen LogP contribution in [0.25, 0.3) is 11.0 Å². The van der Waals surface area contributed by atoms with Gasteiger partial charge in [-0.05, 0) is 18.2 Å². The molecule has 184 valence electrons. The quantitative estimate of drug-likeness (QED) is 0.414. The summed E-state index contributed by atoms with van der Waals surface area (Å²) in [5, 5.41) is 16.6. The Morgan fingerprint density at radius 2 is 2.11 bits per heavy atom. The minimum Gasteiger partial charge on any atom is -0.495 e. The van der Waals surface area contributed by atoms with Gasteiger partial charge in [0.25, 0.3) is 11.5 Å². The number of aliphatic hydroxyl groups is 1. The first kappa shape index (κ1) is 23.2. The van der Waals surface area contributed by atoms with Gasteiger partial charge in [0, 0.05) is 57.3 Å². The van der Waals surface area contributed by atoms with E-state index in [1.54, 1.807) is 30.0 Å². The number of aromatic nitrogens is 3. The predicted octanol–water partition coefficient (Wildman–Crippen LogP) is 0.214. The average Bonchev–Trinajstić information content (AvgIpc) is 3.21. The smallest absolute Gasteiger partial charge is 0.263 e. The van der Waals surface area contributed by atoms with Crippen LogP contribution >= 0.6 is 0 Å². The standard InChI is InChI=1S/C24H28N6O5/c1-34-17-8-19-18(26-11-17)3-5-23(33)30(19)7-6-29-12-15(20(31)13-29)9-25-10-16-2-4-21-24(27-16)28-22(32)14-35-21/h2-5,8,11,15,20,25,31H,6-7,9-10,12-14H2,1H3,(H,27,28,32)/t15-,20+/m0/s1. The number of carbonyl (C=O) groups excluding carboxylic acids is 1. The van der Waals surface area contributed by atoms with Crippen molar-refractivity contribution in [1.29, 1.82) is 0 Å². The maximum absolute atomic E-state index is 12.5. The highest BCUT2D eigenvalue weighted by molar-refractivity contribution is 5.94. The van der Waals surface area contributed by atoms with E-state index < -0.39 is 6.10 Å². The first-order valence-corrected chi connectivity index (χ1v) is 11.6. The molecule has 1 saturated heterocycles. The van der Waals surface area contributed by atoms with E-state index in [-0.39, 0.29) is 24.0 Å². The van der Waals surface area contributed by atoms with E-state index in [4.69, 9.17) is 9.47 Å². The second kappa shape index (κ2) is 9.98. The third kappa shape index (κ3) is 5.11. The second-order valence-electron chi connectivity index (χ2n) is 8.81. The van der Waals surface area contributed by atoms with Gasteiger partial charge in [-0.1, -0.05) is 0 Å². The zero-order valence-electron chi connectivity index (χ0n) is 19.4. The Morgan fingerprint density at radius 3 is 2.97 bits per heavy atom. The summed E-state index contributed by atoms with van der Waals surface area (Å²) in [5.74, 6) is 1.44.